The van der Waals surface area contributed by atoms with E-state index in [2.05, 4.69) is 46.2 Å². The van der Waals surface area contributed by atoms with E-state index >= 15 is 0 Å². The van der Waals surface area contributed by atoms with Crippen molar-refractivity contribution in [1.82, 2.24) is 10.7 Å². The third kappa shape index (κ3) is 6.09. The molecule has 5 nitrogen and oxygen atoms in total. The summed E-state index contributed by atoms with van der Waals surface area (Å²) in [7, 11) is 1.67. The summed E-state index contributed by atoms with van der Waals surface area (Å²) in [5, 5.41) is 8.02. The summed E-state index contributed by atoms with van der Waals surface area (Å²) in [5.41, 5.74) is 5.52. The highest BCUT2D eigenvalue weighted by atomic mass is 32.1. The van der Waals surface area contributed by atoms with Crippen LogP contribution in [-0.4, -0.2) is 44.2 Å². The van der Waals surface area contributed by atoms with Crippen LogP contribution in [0.2, 0.25) is 0 Å². The zero-order chi connectivity index (χ0) is 15.6. The predicted octanol–water partition coefficient (Wildman–Crippen LogP) is 0.332. The number of hydrogen-bond donors (Lipinski definition) is 3. The number of ether oxygens (including phenoxy) is 1. The minimum absolute atomic E-state index is 0.559. The van der Waals surface area contributed by atoms with Crippen molar-refractivity contribution in [2.24, 2.45) is 5.10 Å². The van der Waals surface area contributed by atoms with Crippen molar-refractivity contribution in [3.63, 3.8) is 0 Å². The van der Waals surface area contributed by atoms with E-state index in [-0.39, 0.29) is 0 Å². The fraction of sp³-hybridized carbons (Fsp3) is 0.500. The minimum atomic E-state index is 0.559. The van der Waals surface area contributed by atoms with Crippen LogP contribution in [0, 0.1) is 0 Å². The van der Waals surface area contributed by atoms with E-state index in [0.29, 0.717) is 18.3 Å². The van der Waals surface area contributed by atoms with Crippen molar-refractivity contribution in [2.75, 3.05) is 33.4 Å². The Morgan fingerprint density at radius 1 is 1.27 bits per heavy atom. The standard InChI is InChI=1S/C16H24N4OS/c1-21-12-9-17-16(22)19-18-15-7-10-20(11-8-15)13-14-5-3-2-4-6-14/h2-6H,7-13H2,1H3,(H2,17,19,22)/p+1. The Bertz CT molecular complexity index is 482. The smallest absolute Gasteiger partial charge is 0.187 e. The van der Waals surface area contributed by atoms with Crippen LogP contribution in [0.15, 0.2) is 35.4 Å². The van der Waals surface area contributed by atoms with Crippen molar-refractivity contribution in [1.29, 1.82) is 0 Å². The average Bonchev–Trinajstić information content (AvgIpc) is 2.55. The highest BCUT2D eigenvalue weighted by Gasteiger charge is 2.18. The van der Waals surface area contributed by atoms with E-state index in [9.17, 15) is 0 Å². The Kier molecular flexibility index (Phi) is 7.28. The molecule has 0 unspecified atom stereocenters. The summed E-state index contributed by atoms with van der Waals surface area (Å²) in [6.07, 6.45) is 2.05. The van der Waals surface area contributed by atoms with Crippen molar-refractivity contribution >= 4 is 23.0 Å². The van der Waals surface area contributed by atoms with Crippen molar-refractivity contribution in [2.45, 2.75) is 19.4 Å². The van der Waals surface area contributed by atoms with Gasteiger partial charge >= 0.3 is 0 Å². The molecular weight excluding hydrogens is 296 g/mol. The van der Waals surface area contributed by atoms with Gasteiger partial charge in [-0.05, 0) is 12.2 Å². The molecule has 1 aliphatic rings. The molecular formula is C16H25N4OS+. The molecule has 1 heterocycles. The fourth-order valence-corrected chi connectivity index (χ4v) is 2.65. The van der Waals surface area contributed by atoms with Gasteiger partial charge in [0.15, 0.2) is 5.11 Å². The lowest BCUT2D eigenvalue weighted by Gasteiger charge is -2.24. The molecule has 1 aromatic rings. The summed E-state index contributed by atoms with van der Waals surface area (Å²) < 4.78 is 4.96. The highest BCUT2D eigenvalue weighted by molar-refractivity contribution is 7.80. The van der Waals surface area contributed by atoms with Crippen molar-refractivity contribution in [3.8, 4) is 0 Å². The molecule has 0 amide bonds. The maximum Gasteiger partial charge on any atom is 0.187 e. The molecule has 1 fully saturated rings. The quantitative estimate of drug-likeness (QED) is 0.402. The Morgan fingerprint density at radius 2 is 2.00 bits per heavy atom. The Balaban J connectivity index is 1.68. The summed E-state index contributed by atoms with van der Waals surface area (Å²) >= 11 is 5.16. The van der Waals surface area contributed by atoms with Gasteiger partial charge in [-0.15, -0.1) is 0 Å². The van der Waals surface area contributed by atoms with Crippen LogP contribution in [0.5, 0.6) is 0 Å². The summed E-state index contributed by atoms with van der Waals surface area (Å²) in [5.74, 6) is 0. The van der Waals surface area contributed by atoms with Crippen LogP contribution >= 0.6 is 12.2 Å². The van der Waals surface area contributed by atoms with E-state index in [1.54, 1.807) is 12.0 Å². The van der Waals surface area contributed by atoms with Crippen LogP contribution < -0.4 is 15.6 Å². The van der Waals surface area contributed by atoms with Crippen LogP contribution in [0.4, 0.5) is 0 Å². The van der Waals surface area contributed by atoms with Crippen LogP contribution in [0.3, 0.4) is 0 Å². The lowest BCUT2D eigenvalue weighted by atomic mass is 10.1. The summed E-state index contributed by atoms with van der Waals surface area (Å²) in [6, 6.07) is 10.7. The third-order valence-electron chi connectivity index (χ3n) is 3.74. The van der Waals surface area contributed by atoms with Gasteiger partial charge in [0.1, 0.15) is 6.54 Å². The normalized spacial score (nSPS) is 17.9. The van der Waals surface area contributed by atoms with Gasteiger partial charge in [0.05, 0.1) is 19.7 Å². The first-order valence-corrected chi connectivity index (χ1v) is 8.14. The molecule has 2 rings (SSSR count). The van der Waals surface area contributed by atoms with E-state index in [0.717, 1.165) is 32.5 Å². The third-order valence-corrected chi connectivity index (χ3v) is 3.97. The highest BCUT2D eigenvalue weighted by Crippen LogP contribution is 1.98. The van der Waals surface area contributed by atoms with Crippen LogP contribution in [0.25, 0.3) is 0 Å². The lowest BCUT2D eigenvalue weighted by Crippen LogP contribution is -3.11. The molecule has 0 spiro atoms. The zero-order valence-corrected chi connectivity index (χ0v) is 13.9. The second-order valence-corrected chi connectivity index (χ2v) is 5.86. The molecule has 0 saturated carbocycles. The maximum atomic E-state index is 5.16. The SMILES string of the molecule is COCCNC(=S)NN=C1CC[NH+](Cc2ccccc2)CC1. The molecule has 3 N–H and O–H groups in total. The molecule has 0 aromatic heterocycles. The van der Waals surface area contributed by atoms with Gasteiger partial charge in [0.2, 0.25) is 0 Å². The first kappa shape index (κ1) is 16.9. The molecule has 0 bridgehead atoms. The number of benzene rings is 1. The topological polar surface area (TPSA) is 50.1 Å². The predicted molar refractivity (Wildman–Crippen MR) is 93.1 cm³/mol. The number of rotatable bonds is 6. The second-order valence-electron chi connectivity index (χ2n) is 5.45. The summed E-state index contributed by atoms with van der Waals surface area (Å²) in [6.45, 7) is 4.68. The number of methoxy groups -OCH3 is 1. The van der Waals surface area contributed by atoms with Crippen LogP contribution in [-0.2, 0) is 11.3 Å². The fourth-order valence-electron chi connectivity index (χ4n) is 2.50. The Labute approximate surface area is 137 Å². The molecule has 0 aliphatic carbocycles. The number of hydrazone groups is 1. The van der Waals surface area contributed by atoms with Gasteiger partial charge in [-0.2, -0.15) is 5.10 Å². The van der Waals surface area contributed by atoms with E-state index < -0.39 is 0 Å². The molecule has 0 radical (unpaired) electrons. The second kappa shape index (κ2) is 9.50. The molecule has 0 atom stereocenters. The van der Waals surface area contributed by atoms with E-state index in [4.69, 9.17) is 17.0 Å². The first-order valence-electron chi connectivity index (χ1n) is 7.73. The van der Waals surface area contributed by atoms with Crippen molar-refractivity contribution < 1.29 is 9.64 Å². The van der Waals surface area contributed by atoms with Gasteiger partial charge in [0, 0.05) is 37.8 Å². The Morgan fingerprint density at radius 3 is 2.68 bits per heavy atom. The molecule has 1 aliphatic heterocycles. The van der Waals surface area contributed by atoms with Gasteiger partial charge in [-0.3, -0.25) is 5.43 Å². The number of likely N-dealkylation sites (tertiary alicyclic amines) is 1. The lowest BCUT2D eigenvalue weighted by molar-refractivity contribution is -0.914. The maximum absolute atomic E-state index is 5.16. The van der Waals surface area contributed by atoms with Gasteiger partial charge in [0.25, 0.3) is 0 Å². The largest absolute Gasteiger partial charge is 0.383 e. The molecule has 1 aromatic carbocycles. The molecule has 1 saturated heterocycles. The van der Waals surface area contributed by atoms with Gasteiger partial charge in [-0.25, -0.2) is 0 Å². The first-order chi connectivity index (χ1) is 10.8. The number of quaternary nitrogens is 1. The molecule has 6 heteroatoms. The minimum Gasteiger partial charge on any atom is -0.383 e. The molecule has 120 valence electrons. The summed E-state index contributed by atoms with van der Waals surface area (Å²) in [4.78, 5) is 1.62. The number of nitrogens with one attached hydrogen (secondary N) is 3. The van der Waals surface area contributed by atoms with Crippen molar-refractivity contribution in [3.05, 3.63) is 35.9 Å². The van der Waals surface area contributed by atoms with Crippen LogP contribution in [0.1, 0.15) is 18.4 Å². The molecule has 22 heavy (non-hydrogen) atoms. The van der Waals surface area contributed by atoms with E-state index in [1.807, 2.05) is 0 Å². The Hall–Kier alpha value is -1.50. The number of nitrogens with zero attached hydrogens (tertiary/aromatic N) is 1. The van der Waals surface area contributed by atoms with Gasteiger partial charge < -0.3 is 15.0 Å². The number of thiocarbonyl (C=S) groups is 1. The number of piperidine rings is 1. The van der Waals surface area contributed by atoms with Gasteiger partial charge in [-0.1, -0.05) is 30.3 Å². The monoisotopic (exact) mass is 321 g/mol. The van der Waals surface area contributed by atoms with E-state index in [1.165, 1.54) is 11.3 Å². The average molecular weight is 321 g/mol. The number of hydrogen-bond acceptors (Lipinski definition) is 3. The zero-order valence-electron chi connectivity index (χ0n) is 13.1.